The van der Waals surface area contributed by atoms with Gasteiger partial charge in [0.2, 0.25) is 5.90 Å². The highest BCUT2D eigenvalue weighted by molar-refractivity contribution is 6.37. The molecule has 0 unspecified atom stereocenters. The molecule has 0 aliphatic carbocycles. The van der Waals surface area contributed by atoms with Gasteiger partial charge in [0, 0.05) is 10.0 Å². The second-order valence-corrected chi connectivity index (χ2v) is 8.58. The molecule has 34 heavy (non-hydrogen) atoms. The summed E-state index contributed by atoms with van der Waals surface area (Å²) in [5.41, 5.74) is 1.19. The van der Waals surface area contributed by atoms with Crippen molar-refractivity contribution in [1.29, 1.82) is 0 Å². The van der Waals surface area contributed by atoms with Gasteiger partial charge in [0.25, 0.3) is 0 Å². The molecule has 1 aliphatic heterocycles. The van der Waals surface area contributed by atoms with Crippen LogP contribution in [-0.4, -0.2) is 24.9 Å². The average Bonchev–Trinajstić information content (AvgIpc) is 3.15. The van der Waals surface area contributed by atoms with Crippen molar-refractivity contribution in [3.05, 3.63) is 97.1 Å². The lowest BCUT2D eigenvalue weighted by Gasteiger charge is -2.12. The van der Waals surface area contributed by atoms with E-state index < -0.39 is 11.9 Å². The molecule has 0 saturated heterocycles. The molecule has 0 amide bonds. The molecule has 10 heteroatoms. The van der Waals surface area contributed by atoms with E-state index in [0.29, 0.717) is 21.2 Å². The monoisotopic (exact) mass is 535 g/mol. The van der Waals surface area contributed by atoms with Crippen molar-refractivity contribution in [2.45, 2.75) is 0 Å². The maximum absolute atomic E-state index is 12.5. The van der Waals surface area contributed by atoms with Crippen LogP contribution in [0.4, 0.5) is 0 Å². The number of benzene rings is 3. The van der Waals surface area contributed by atoms with Crippen molar-refractivity contribution in [3.8, 4) is 11.5 Å². The van der Waals surface area contributed by atoms with Gasteiger partial charge in [-0.15, -0.1) is 0 Å². The second kappa shape index (κ2) is 10.1. The lowest BCUT2D eigenvalue weighted by molar-refractivity contribution is -0.129. The summed E-state index contributed by atoms with van der Waals surface area (Å²) < 4.78 is 16.0. The van der Waals surface area contributed by atoms with Crippen LogP contribution in [0.5, 0.6) is 11.5 Å². The molecule has 0 fully saturated rings. The van der Waals surface area contributed by atoms with E-state index in [2.05, 4.69) is 4.99 Å². The number of rotatable bonds is 5. The van der Waals surface area contributed by atoms with Crippen molar-refractivity contribution in [1.82, 2.24) is 0 Å². The summed E-state index contributed by atoms with van der Waals surface area (Å²) in [7, 11) is 1.39. The summed E-state index contributed by atoms with van der Waals surface area (Å²) >= 11 is 24.3. The number of ether oxygens (including phenoxy) is 3. The highest BCUT2D eigenvalue weighted by atomic mass is 35.5. The summed E-state index contributed by atoms with van der Waals surface area (Å²) in [6.07, 6.45) is 1.46. The number of cyclic esters (lactones) is 1. The third-order valence-corrected chi connectivity index (χ3v) is 5.69. The van der Waals surface area contributed by atoms with Crippen LogP contribution in [0, 0.1) is 0 Å². The molecule has 3 aromatic rings. The number of esters is 2. The van der Waals surface area contributed by atoms with Gasteiger partial charge in [0.15, 0.2) is 17.2 Å². The van der Waals surface area contributed by atoms with Gasteiger partial charge in [-0.1, -0.05) is 46.4 Å². The van der Waals surface area contributed by atoms with Gasteiger partial charge in [-0.3, -0.25) is 0 Å². The van der Waals surface area contributed by atoms with E-state index in [9.17, 15) is 9.59 Å². The Hall–Kier alpha value is -3.03. The fraction of sp³-hybridized carbons (Fsp3) is 0.0417. The van der Waals surface area contributed by atoms with E-state index >= 15 is 0 Å². The summed E-state index contributed by atoms with van der Waals surface area (Å²) in [4.78, 5) is 29.1. The SMILES string of the molecule is COc1cc(/C=C2\N=C(c3ccc(Cl)cc3Cl)OC2=O)cc(Cl)c1OC(=O)c1ccc(Cl)cc1. The average molecular weight is 537 g/mol. The van der Waals surface area contributed by atoms with E-state index in [1.54, 1.807) is 30.3 Å². The Balaban J connectivity index is 1.63. The first kappa shape index (κ1) is 24.1. The van der Waals surface area contributed by atoms with E-state index in [4.69, 9.17) is 60.6 Å². The zero-order valence-electron chi connectivity index (χ0n) is 17.3. The topological polar surface area (TPSA) is 74.2 Å². The van der Waals surface area contributed by atoms with Crippen LogP contribution in [-0.2, 0) is 9.53 Å². The molecule has 1 heterocycles. The molecule has 4 rings (SSSR count). The number of aliphatic imine (C=N–C) groups is 1. The van der Waals surface area contributed by atoms with Crippen molar-refractivity contribution in [3.63, 3.8) is 0 Å². The van der Waals surface area contributed by atoms with E-state index in [-0.39, 0.29) is 38.7 Å². The molecule has 1 aliphatic rings. The van der Waals surface area contributed by atoms with Crippen LogP contribution in [0.3, 0.4) is 0 Å². The molecule has 0 N–H and O–H groups in total. The first-order chi connectivity index (χ1) is 16.2. The van der Waals surface area contributed by atoms with Gasteiger partial charge < -0.3 is 14.2 Å². The minimum Gasteiger partial charge on any atom is -0.493 e. The van der Waals surface area contributed by atoms with Gasteiger partial charge in [0.05, 0.1) is 28.3 Å². The molecular weight excluding hydrogens is 524 g/mol. The quantitative estimate of drug-likeness (QED) is 0.202. The zero-order valence-corrected chi connectivity index (χ0v) is 20.3. The van der Waals surface area contributed by atoms with Gasteiger partial charge in [0.1, 0.15) is 0 Å². The van der Waals surface area contributed by atoms with E-state index in [0.717, 1.165) is 0 Å². The Morgan fingerprint density at radius 3 is 2.32 bits per heavy atom. The van der Waals surface area contributed by atoms with Crippen LogP contribution >= 0.6 is 46.4 Å². The zero-order chi connectivity index (χ0) is 24.4. The van der Waals surface area contributed by atoms with Gasteiger partial charge in [-0.2, -0.15) is 0 Å². The molecule has 0 radical (unpaired) electrons. The van der Waals surface area contributed by atoms with Crippen LogP contribution in [0.1, 0.15) is 21.5 Å². The van der Waals surface area contributed by atoms with Crippen LogP contribution in [0.2, 0.25) is 20.1 Å². The number of hydrogen-bond acceptors (Lipinski definition) is 6. The minimum absolute atomic E-state index is 0.0186. The number of nitrogens with zero attached hydrogens (tertiary/aromatic N) is 1. The fourth-order valence-corrected chi connectivity index (χ4v) is 3.88. The molecule has 3 aromatic carbocycles. The predicted octanol–water partition coefficient (Wildman–Crippen LogP) is 6.87. The summed E-state index contributed by atoms with van der Waals surface area (Å²) in [5, 5.41) is 1.30. The maximum Gasteiger partial charge on any atom is 0.363 e. The Morgan fingerprint density at radius 1 is 0.941 bits per heavy atom. The highest BCUT2D eigenvalue weighted by Crippen LogP contribution is 2.38. The Labute approximate surface area is 214 Å². The van der Waals surface area contributed by atoms with Crippen molar-refractivity contribution in [2.75, 3.05) is 7.11 Å². The van der Waals surface area contributed by atoms with Crippen molar-refractivity contribution in [2.24, 2.45) is 4.99 Å². The minimum atomic E-state index is -0.672. The number of carbonyl (C=O) groups excluding carboxylic acids is 2. The second-order valence-electron chi connectivity index (χ2n) is 6.89. The molecule has 0 bridgehead atoms. The molecular formula is C24H13Cl4NO5. The van der Waals surface area contributed by atoms with Crippen LogP contribution in [0.15, 0.2) is 65.3 Å². The predicted molar refractivity (Wildman–Crippen MR) is 131 cm³/mol. The molecule has 0 atom stereocenters. The van der Waals surface area contributed by atoms with Gasteiger partial charge >= 0.3 is 11.9 Å². The standard InChI is InChI=1S/C24H13Cl4NO5/c1-32-20-10-12(8-18(28)21(20)33-23(30)13-2-4-14(25)5-3-13)9-19-24(31)34-22(29-19)16-7-6-15(26)11-17(16)27/h2-11H,1H3/b19-9-. The van der Waals surface area contributed by atoms with E-state index in [1.807, 2.05) is 0 Å². The normalized spacial score (nSPS) is 14.1. The fourth-order valence-electron chi connectivity index (χ4n) is 3.00. The number of halogens is 4. The molecule has 0 aromatic heterocycles. The third-order valence-electron chi connectivity index (χ3n) is 4.61. The van der Waals surface area contributed by atoms with Crippen LogP contribution < -0.4 is 9.47 Å². The van der Waals surface area contributed by atoms with Gasteiger partial charge in [-0.25, -0.2) is 14.6 Å². The Bertz CT molecular complexity index is 1370. The summed E-state index contributed by atoms with van der Waals surface area (Å²) in [6, 6.07) is 14.0. The first-order valence-electron chi connectivity index (χ1n) is 9.58. The summed E-state index contributed by atoms with van der Waals surface area (Å²) in [6.45, 7) is 0. The number of carbonyl (C=O) groups is 2. The first-order valence-corrected chi connectivity index (χ1v) is 11.1. The number of hydrogen-bond donors (Lipinski definition) is 0. The van der Waals surface area contributed by atoms with Crippen LogP contribution in [0.25, 0.3) is 6.08 Å². The highest BCUT2D eigenvalue weighted by Gasteiger charge is 2.26. The van der Waals surface area contributed by atoms with E-state index in [1.165, 1.54) is 37.5 Å². The lowest BCUT2D eigenvalue weighted by Crippen LogP contribution is -2.09. The maximum atomic E-state index is 12.5. The summed E-state index contributed by atoms with van der Waals surface area (Å²) in [5.74, 6) is -1.06. The molecule has 6 nitrogen and oxygen atoms in total. The molecule has 172 valence electrons. The Morgan fingerprint density at radius 2 is 1.65 bits per heavy atom. The van der Waals surface area contributed by atoms with Gasteiger partial charge in [-0.05, 0) is 66.2 Å². The molecule has 0 spiro atoms. The van der Waals surface area contributed by atoms with Crippen molar-refractivity contribution >= 4 is 70.3 Å². The third kappa shape index (κ3) is 5.21. The molecule has 0 saturated carbocycles. The lowest BCUT2D eigenvalue weighted by atomic mass is 10.1. The number of methoxy groups -OCH3 is 1. The van der Waals surface area contributed by atoms with Crippen molar-refractivity contribution < 1.29 is 23.8 Å². The Kier molecular flexibility index (Phi) is 7.14. The largest absolute Gasteiger partial charge is 0.493 e. The smallest absolute Gasteiger partial charge is 0.363 e.